The standard InChI is InChI=1S/C21H15ClF3NO3/c22-18-7-4-8-19(28-15-5-2-1-3-6-15)17(18)13-26-20(27)14-9-11-16(12-10-14)29-21(23,24)25/h1-12H,13H2,(H,26,27). The van der Waals surface area contributed by atoms with E-state index in [4.69, 9.17) is 16.3 Å². The van der Waals surface area contributed by atoms with Crippen LogP contribution in [0, 0.1) is 0 Å². The molecule has 0 aliphatic heterocycles. The number of para-hydroxylation sites is 1. The molecule has 150 valence electrons. The predicted octanol–water partition coefficient (Wildman–Crippen LogP) is 5.96. The van der Waals surface area contributed by atoms with Gasteiger partial charge in [-0.05, 0) is 48.5 Å². The molecule has 3 rings (SSSR count). The van der Waals surface area contributed by atoms with Crippen molar-refractivity contribution in [1.29, 1.82) is 0 Å². The molecular formula is C21H15ClF3NO3. The van der Waals surface area contributed by atoms with Gasteiger partial charge in [0.15, 0.2) is 0 Å². The van der Waals surface area contributed by atoms with Gasteiger partial charge >= 0.3 is 6.36 Å². The molecule has 0 radical (unpaired) electrons. The van der Waals surface area contributed by atoms with Gasteiger partial charge in [-0.25, -0.2) is 0 Å². The normalized spacial score (nSPS) is 11.0. The minimum atomic E-state index is -4.79. The molecule has 3 aromatic rings. The van der Waals surface area contributed by atoms with Crippen LogP contribution in [0.4, 0.5) is 13.2 Å². The summed E-state index contributed by atoms with van der Waals surface area (Å²) in [6.07, 6.45) is -4.79. The van der Waals surface area contributed by atoms with Gasteiger partial charge in [-0.3, -0.25) is 4.79 Å². The van der Waals surface area contributed by atoms with E-state index in [0.717, 1.165) is 12.1 Å². The van der Waals surface area contributed by atoms with Crippen LogP contribution in [-0.2, 0) is 6.54 Å². The van der Waals surface area contributed by atoms with E-state index in [1.807, 2.05) is 18.2 Å². The van der Waals surface area contributed by atoms with Crippen LogP contribution in [0.15, 0.2) is 72.8 Å². The van der Waals surface area contributed by atoms with Crippen LogP contribution in [0.1, 0.15) is 15.9 Å². The van der Waals surface area contributed by atoms with Crippen molar-refractivity contribution in [2.75, 3.05) is 0 Å². The second-order valence-electron chi connectivity index (χ2n) is 5.89. The highest BCUT2D eigenvalue weighted by molar-refractivity contribution is 6.31. The fraction of sp³-hybridized carbons (Fsp3) is 0.0952. The molecule has 0 aliphatic carbocycles. The molecule has 8 heteroatoms. The Bertz CT molecular complexity index is 977. The van der Waals surface area contributed by atoms with Crippen LogP contribution >= 0.6 is 11.6 Å². The predicted molar refractivity (Wildman–Crippen MR) is 102 cm³/mol. The topological polar surface area (TPSA) is 47.6 Å². The summed E-state index contributed by atoms with van der Waals surface area (Å²) in [5.74, 6) is 0.216. The maximum Gasteiger partial charge on any atom is 0.573 e. The fourth-order valence-corrected chi connectivity index (χ4v) is 2.73. The zero-order valence-electron chi connectivity index (χ0n) is 14.9. The molecule has 0 saturated heterocycles. The highest BCUT2D eigenvalue weighted by atomic mass is 35.5. The molecule has 0 bridgehead atoms. The average molecular weight is 422 g/mol. The zero-order valence-corrected chi connectivity index (χ0v) is 15.6. The molecule has 0 fully saturated rings. The Morgan fingerprint density at radius 1 is 0.897 bits per heavy atom. The van der Waals surface area contributed by atoms with E-state index in [2.05, 4.69) is 10.1 Å². The van der Waals surface area contributed by atoms with Crippen molar-refractivity contribution in [3.63, 3.8) is 0 Å². The maximum atomic E-state index is 12.3. The van der Waals surface area contributed by atoms with Crippen molar-refractivity contribution in [3.05, 3.63) is 88.9 Å². The second kappa shape index (κ2) is 8.87. The van der Waals surface area contributed by atoms with Gasteiger partial charge in [-0.15, -0.1) is 13.2 Å². The summed E-state index contributed by atoms with van der Waals surface area (Å²) in [5, 5.41) is 3.09. The molecule has 4 nitrogen and oxygen atoms in total. The molecule has 0 spiro atoms. The van der Waals surface area contributed by atoms with E-state index in [1.54, 1.807) is 30.3 Å². The van der Waals surface area contributed by atoms with Crippen molar-refractivity contribution in [2.45, 2.75) is 12.9 Å². The van der Waals surface area contributed by atoms with E-state index in [9.17, 15) is 18.0 Å². The number of halogens is 4. The number of hydrogen-bond acceptors (Lipinski definition) is 3. The van der Waals surface area contributed by atoms with Crippen molar-refractivity contribution < 1.29 is 27.4 Å². The Morgan fingerprint density at radius 2 is 1.59 bits per heavy atom. The van der Waals surface area contributed by atoms with E-state index >= 15 is 0 Å². The number of carbonyl (C=O) groups excluding carboxylic acids is 1. The zero-order chi connectivity index (χ0) is 20.9. The largest absolute Gasteiger partial charge is 0.573 e. The van der Waals surface area contributed by atoms with Crippen molar-refractivity contribution in [3.8, 4) is 17.2 Å². The number of amides is 1. The summed E-state index contributed by atoms with van der Waals surface area (Å²) in [6.45, 7) is 0.0709. The highest BCUT2D eigenvalue weighted by Gasteiger charge is 2.31. The van der Waals surface area contributed by atoms with Gasteiger partial charge in [-0.1, -0.05) is 35.9 Å². The molecule has 0 aliphatic rings. The second-order valence-corrected chi connectivity index (χ2v) is 6.29. The first-order chi connectivity index (χ1) is 13.8. The number of rotatable bonds is 6. The Hall–Kier alpha value is -3.19. The lowest BCUT2D eigenvalue weighted by Gasteiger charge is -2.14. The number of carbonyl (C=O) groups is 1. The Labute approximate surface area is 169 Å². The lowest BCUT2D eigenvalue weighted by molar-refractivity contribution is -0.274. The summed E-state index contributed by atoms with van der Waals surface area (Å²) in [5.41, 5.74) is 0.750. The lowest BCUT2D eigenvalue weighted by atomic mass is 10.1. The van der Waals surface area contributed by atoms with Gasteiger partial charge in [0, 0.05) is 22.7 Å². The molecule has 1 amide bonds. The van der Waals surface area contributed by atoms with Gasteiger partial charge in [0.1, 0.15) is 17.2 Å². The third-order valence-electron chi connectivity index (χ3n) is 3.82. The van der Waals surface area contributed by atoms with Crippen molar-refractivity contribution in [2.24, 2.45) is 0 Å². The van der Waals surface area contributed by atoms with Gasteiger partial charge in [0.2, 0.25) is 0 Å². The lowest BCUT2D eigenvalue weighted by Crippen LogP contribution is -2.23. The number of ether oxygens (including phenoxy) is 2. The van der Waals surface area contributed by atoms with E-state index < -0.39 is 18.0 Å². The fourth-order valence-electron chi connectivity index (χ4n) is 2.50. The van der Waals surface area contributed by atoms with Crippen LogP contribution in [0.25, 0.3) is 0 Å². The third-order valence-corrected chi connectivity index (χ3v) is 4.18. The molecule has 29 heavy (non-hydrogen) atoms. The molecule has 0 saturated carbocycles. The first kappa shape index (κ1) is 20.5. The molecule has 0 aromatic heterocycles. The summed E-state index contributed by atoms with van der Waals surface area (Å²) in [6, 6.07) is 18.8. The minimum absolute atomic E-state index is 0.0709. The summed E-state index contributed by atoms with van der Waals surface area (Å²) in [4.78, 5) is 12.3. The number of alkyl halides is 3. The summed E-state index contributed by atoms with van der Waals surface area (Å²) >= 11 is 6.25. The van der Waals surface area contributed by atoms with Gasteiger partial charge in [-0.2, -0.15) is 0 Å². The smallest absolute Gasteiger partial charge is 0.457 e. The van der Waals surface area contributed by atoms with Gasteiger partial charge < -0.3 is 14.8 Å². The molecule has 0 heterocycles. The third kappa shape index (κ3) is 5.89. The maximum absolute atomic E-state index is 12.3. The molecule has 1 N–H and O–H groups in total. The van der Waals surface area contributed by atoms with E-state index in [1.165, 1.54) is 12.1 Å². The Morgan fingerprint density at radius 3 is 2.24 bits per heavy atom. The van der Waals surface area contributed by atoms with Gasteiger partial charge in [0.05, 0.1) is 0 Å². The van der Waals surface area contributed by atoms with Crippen LogP contribution in [0.5, 0.6) is 17.2 Å². The number of benzene rings is 3. The monoisotopic (exact) mass is 421 g/mol. The highest BCUT2D eigenvalue weighted by Crippen LogP contribution is 2.30. The van der Waals surface area contributed by atoms with Crippen LogP contribution in [0.3, 0.4) is 0 Å². The SMILES string of the molecule is O=C(NCc1c(Cl)cccc1Oc1ccccc1)c1ccc(OC(F)(F)F)cc1. The Kier molecular flexibility index (Phi) is 6.29. The Balaban J connectivity index is 1.69. The first-order valence-electron chi connectivity index (χ1n) is 8.46. The van der Waals surface area contributed by atoms with Crippen LogP contribution < -0.4 is 14.8 Å². The quantitative estimate of drug-likeness (QED) is 0.534. The van der Waals surface area contributed by atoms with E-state index in [-0.39, 0.29) is 12.1 Å². The molecule has 3 aromatic carbocycles. The number of nitrogens with one attached hydrogen (secondary N) is 1. The average Bonchev–Trinajstić information content (AvgIpc) is 2.67. The van der Waals surface area contributed by atoms with Crippen LogP contribution in [-0.4, -0.2) is 12.3 Å². The minimum Gasteiger partial charge on any atom is -0.457 e. The molecule has 0 unspecified atom stereocenters. The molecular weight excluding hydrogens is 407 g/mol. The summed E-state index contributed by atoms with van der Waals surface area (Å²) in [7, 11) is 0. The van der Waals surface area contributed by atoms with Crippen molar-refractivity contribution in [1.82, 2.24) is 5.32 Å². The summed E-state index contributed by atoms with van der Waals surface area (Å²) < 4.78 is 46.3. The number of hydrogen-bond donors (Lipinski definition) is 1. The first-order valence-corrected chi connectivity index (χ1v) is 8.84. The van der Waals surface area contributed by atoms with Gasteiger partial charge in [0.25, 0.3) is 5.91 Å². The molecule has 0 atom stereocenters. The van der Waals surface area contributed by atoms with Crippen molar-refractivity contribution >= 4 is 17.5 Å². The van der Waals surface area contributed by atoms with Crippen LogP contribution in [0.2, 0.25) is 5.02 Å². The van der Waals surface area contributed by atoms with E-state index in [0.29, 0.717) is 22.1 Å².